The number of halogens is 3. The Balaban J connectivity index is 2.12. The monoisotopic (exact) mass is 512 g/mol. The topological polar surface area (TPSA) is 95.0 Å². The first-order chi connectivity index (χ1) is 17.7. The van der Waals surface area contributed by atoms with Crippen LogP contribution < -0.4 is 11.0 Å². The van der Waals surface area contributed by atoms with E-state index in [0.717, 1.165) is 12.1 Å². The van der Waals surface area contributed by atoms with E-state index in [-0.39, 0.29) is 35.2 Å². The minimum Gasteiger partial charge on any atom is -0.462 e. The number of nitrogens with zero attached hydrogens (tertiary/aromatic N) is 4. The number of carbonyl (C=O) groups excluding carboxylic acids is 2. The van der Waals surface area contributed by atoms with Crippen LogP contribution in [0.15, 0.2) is 64.5 Å². The Hall–Kier alpha value is -4.28. The van der Waals surface area contributed by atoms with E-state index in [1.807, 2.05) is 6.92 Å². The second kappa shape index (κ2) is 10.4. The Labute approximate surface area is 208 Å². The van der Waals surface area contributed by atoms with E-state index >= 15 is 0 Å². The van der Waals surface area contributed by atoms with Gasteiger partial charge in [-0.15, -0.1) is 0 Å². The molecule has 0 bridgehead atoms. The van der Waals surface area contributed by atoms with Crippen molar-refractivity contribution >= 4 is 28.6 Å². The van der Waals surface area contributed by atoms with Crippen molar-refractivity contribution in [2.45, 2.75) is 39.4 Å². The number of fused-ring (bicyclic) bond motifs is 2. The van der Waals surface area contributed by atoms with Crippen molar-refractivity contribution < 1.29 is 27.5 Å². The number of aryl methyl sites for hydroxylation is 1. The number of amides is 1. The first-order valence-corrected chi connectivity index (χ1v) is 11.6. The molecule has 0 saturated heterocycles. The lowest BCUT2D eigenvalue weighted by Gasteiger charge is -2.15. The molecule has 11 heteroatoms. The Morgan fingerprint density at radius 1 is 1.05 bits per heavy atom. The number of benzene rings is 1. The van der Waals surface area contributed by atoms with Crippen LogP contribution in [0.1, 0.15) is 53.0 Å². The Morgan fingerprint density at radius 2 is 1.78 bits per heavy atom. The van der Waals surface area contributed by atoms with Gasteiger partial charge in [0, 0.05) is 12.7 Å². The van der Waals surface area contributed by atoms with E-state index < -0.39 is 34.7 Å². The van der Waals surface area contributed by atoms with Crippen LogP contribution in [0.5, 0.6) is 0 Å². The summed E-state index contributed by atoms with van der Waals surface area (Å²) in [5.41, 5.74) is -2.27. The number of unbranched alkanes of at least 4 members (excludes halogenated alkanes) is 1. The van der Waals surface area contributed by atoms with Crippen LogP contribution >= 0.6 is 0 Å². The van der Waals surface area contributed by atoms with Crippen LogP contribution in [0, 0.1) is 0 Å². The minimum absolute atomic E-state index is 0.00885. The van der Waals surface area contributed by atoms with Gasteiger partial charge in [-0.2, -0.15) is 18.2 Å². The maximum absolute atomic E-state index is 13.6. The summed E-state index contributed by atoms with van der Waals surface area (Å²) in [6.45, 7) is 3.68. The second-order valence-corrected chi connectivity index (χ2v) is 8.15. The van der Waals surface area contributed by atoms with Crippen molar-refractivity contribution in [2.24, 2.45) is 4.99 Å². The van der Waals surface area contributed by atoms with E-state index in [4.69, 9.17) is 4.74 Å². The van der Waals surface area contributed by atoms with Gasteiger partial charge in [-0.3, -0.25) is 14.0 Å². The molecule has 0 spiro atoms. The maximum Gasteiger partial charge on any atom is 0.417 e. The predicted molar refractivity (Wildman–Crippen MR) is 129 cm³/mol. The smallest absolute Gasteiger partial charge is 0.417 e. The van der Waals surface area contributed by atoms with Crippen LogP contribution in [-0.2, 0) is 17.5 Å². The molecule has 1 aromatic carbocycles. The summed E-state index contributed by atoms with van der Waals surface area (Å²) in [5.74, 6) is -2.07. The molecule has 192 valence electrons. The summed E-state index contributed by atoms with van der Waals surface area (Å²) in [5, 5.41) is 0.0740. The van der Waals surface area contributed by atoms with Crippen molar-refractivity contribution in [3.8, 4) is 0 Å². The summed E-state index contributed by atoms with van der Waals surface area (Å²) >= 11 is 0. The fourth-order valence-corrected chi connectivity index (χ4v) is 3.96. The molecule has 0 saturated carbocycles. The summed E-state index contributed by atoms with van der Waals surface area (Å²) in [6, 6.07) is 10.5. The van der Waals surface area contributed by atoms with Crippen molar-refractivity contribution in [1.29, 1.82) is 0 Å². The number of ether oxygens (including phenoxy) is 1. The van der Waals surface area contributed by atoms with Crippen LogP contribution in [0.3, 0.4) is 0 Å². The highest BCUT2D eigenvalue weighted by Gasteiger charge is 2.35. The van der Waals surface area contributed by atoms with Crippen molar-refractivity contribution in [3.05, 3.63) is 87.3 Å². The summed E-state index contributed by atoms with van der Waals surface area (Å²) < 4.78 is 48.6. The first kappa shape index (κ1) is 25.8. The third-order valence-corrected chi connectivity index (χ3v) is 5.69. The lowest BCUT2D eigenvalue weighted by molar-refractivity contribution is -0.137. The number of rotatable bonds is 6. The Kier molecular flexibility index (Phi) is 7.23. The molecule has 0 N–H and O–H groups in total. The highest BCUT2D eigenvalue weighted by molar-refractivity contribution is 5.98. The number of hydrogen-bond donors (Lipinski definition) is 0. The van der Waals surface area contributed by atoms with Gasteiger partial charge in [0.15, 0.2) is 5.49 Å². The molecule has 0 fully saturated rings. The fourth-order valence-electron chi connectivity index (χ4n) is 3.96. The molecule has 37 heavy (non-hydrogen) atoms. The Morgan fingerprint density at radius 3 is 2.49 bits per heavy atom. The average Bonchev–Trinajstić information content (AvgIpc) is 2.87. The molecule has 3 heterocycles. The van der Waals surface area contributed by atoms with E-state index in [1.54, 1.807) is 25.1 Å². The molecule has 4 aromatic rings. The molecule has 0 radical (unpaired) electrons. The van der Waals surface area contributed by atoms with E-state index in [9.17, 15) is 27.6 Å². The predicted octanol–water partition coefficient (Wildman–Crippen LogP) is 4.39. The highest BCUT2D eigenvalue weighted by Crippen LogP contribution is 2.32. The molecule has 3 aromatic heterocycles. The molecule has 8 nitrogen and oxygen atoms in total. The molecular formula is C26H23F3N4O4. The summed E-state index contributed by atoms with van der Waals surface area (Å²) in [7, 11) is 0. The molecule has 0 aliphatic carbocycles. The average molecular weight is 512 g/mol. The van der Waals surface area contributed by atoms with Gasteiger partial charge in [0.2, 0.25) is 0 Å². The molecule has 0 atom stereocenters. The number of aromatic nitrogens is 3. The highest BCUT2D eigenvalue weighted by atomic mass is 19.4. The number of hydrogen-bond acceptors (Lipinski definition) is 5. The van der Waals surface area contributed by atoms with Gasteiger partial charge >= 0.3 is 12.1 Å². The zero-order valence-electron chi connectivity index (χ0n) is 20.1. The van der Waals surface area contributed by atoms with Crippen LogP contribution in [0.2, 0.25) is 0 Å². The third-order valence-electron chi connectivity index (χ3n) is 5.69. The fraction of sp³-hybridized carbons (Fsp3) is 0.269. The summed E-state index contributed by atoms with van der Waals surface area (Å²) in [4.78, 5) is 47.9. The van der Waals surface area contributed by atoms with Crippen molar-refractivity contribution in [2.75, 3.05) is 6.61 Å². The number of esters is 1. The largest absolute Gasteiger partial charge is 0.462 e. The summed E-state index contributed by atoms with van der Waals surface area (Å²) in [6.07, 6.45) is -2.00. The third kappa shape index (κ3) is 5.02. The van der Waals surface area contributed by atoms with Crippen LogP contribution in [-0.4, -0.2) is 32.4 Å². The number of alkyl halides is 3. The van der Waals surface area contributed by atoms with Gasteiger partial charge in [0.25, 0.3) is 11.5 Å². The quantitative estimate of drug-likeness (QED) is 0.282. The SMILES string of the molecule is CCCCn1c(=NC(=O)c2ccccc2C(F)(F)F)c(C(=O)OCC)cc2c(=O)n3ccccc3nc21. The van der Waals surface area contributed by atoms with Gasteiger partial charge in [-0.1, -0.05) is 31.5 Å². The van der Waals surface area contributed by atoms with Crippen molar-refractivity contribution in [1.82, 2.24) is 14.0 Å². The molecule has 0 unspecified atom stereocenters. The maximum atomic E-state index is 13.6. The number of pyridine rings is 2. The first-order valence-electron chi connectivity index (χ1n) is 11.6. The van der Waals surface area contributed by atoms with Crippen LogP contribution in [0.25, 0.3) is 16.7 Å². The molecule has 0 aliphatic heterocycles. The standard InChI is InChI=1S/C26H23F3N4O4/c1-3-5-13-33-21-17(24(35)32-14-9-8-12-20(32)30-21)15-18(25(36)37-4-2)22(33)31-23(34)16-10-6-7-11-19(16)26(27,28)29/h6-12,14-15H,3-5,13H2,1-2H3. The lowest BCUT2D eigenvalue weighted by atomic mass is 10.1. The zero-order valence-corrected chi connectivity index (χ0v) is 20.1. The zero-order chi connectivity index (χ0) is 26.7. The van der Waals surface area contributed by atoms with Gasteiger partial charge in [0.05, 0.1) is 23.1 Å². The molecule has 1 amide bonds. The minimum atomic E-state index is -4.79. The lowest BCUT2D eigenvalue weighted by Crippen LogP contribution is -2.33. The molecule has 0 aliphatic rings. The second-order valence-electron chi connectivity index (χ2n) is 8.15. The van der Waals surface area contributed by atoms with Crippen molar-refractivity contribution in [3.63, 3.8) is 0 Å². The van der Waals surface area contributed by atoms with Gasteiger partial charge in [-0.05, 0) is 43.7 Å². The number of carbonyl (C=O) groups is 2. The van der Waals surface area contributed by atoms with E-state index in [0.29, 0.717) is 18.5 Å². The molecular weight excluding hydrogens is 489 g/mol. The van der Waals surface area contributed by atoms with Gasteiger partial charge in [0.1, 0.15) is 16.9 Å². The van der Waals surface area contributed by atoms with Gasteiger partial charge < -0.3 is 9.30 Å². The van der Waals surface area contributed by atoms with E-state index in [1.165, 1.54) is 33.4 Å². The Bertz CT molecular complexity index is 1640. The normalized spacial score (nSPS) is 12.3. The van der Waals surface area contributed by atoms with Crippen LogP contribution in [0.4, 0.5) is 13.2 Å². The van der Waals surface area contributed by atoms with E-state index in [2.05, 4.69) is 9.98 Å². The molecule has 4 rings (SSSR count). The van der Waals surface area contributed by atoms with Gasteiger partial charge in [-0.25, -0.2) is 9.78 Å².